The van der Waals surface area contributed by atoms with Crippen LogP contribution >= 0.6 is 0 Å². The summed E-state index contributed by atoms with van der Waals surface area (Å²) in [6.45, 7) is 0.757. The van der Waals surface area contributed by atoms with Crippen LogP contribution in [0.4, 0.5) is 0 Å². The highest BCUT2D eigenvalue weighted by molar-refractivity contribution is 5.94. The number of hydrogen-bond acceptors (Lipinski definition) is 4. The van der Waals surface area contributed by atoms with Gasteiger partial charge in [-0.3, -0.25) is 9.48 Å². The van der Waals surface area contributed by atoms with Crippen LogP contribution in [0.15, 0.2) is 30.6 Å². The molecular formula is C17H21N3O3. The predicted octanol–water partition coefficient (Wildman–Crippen LogP) is 2.41. The zero-order chi connectivity index (χ0) is 16.4. The van der Waals surface area contributed by atoms with E-state index in [2.05, 4.69) is 5.10 Å². The summed E-state index contributed by atoms with van der Waals surface area (Å²) >= 11 is 0. The lowest BCUT2D eigenvalue weighted by molar-refractivity contribution is 0.0735. The first-order chi connectivity index (χ1) is 11.1. The van der Waals surface area contributed by atoms with Crippen molar-refractivity contribution in [2.75, 3.05) is 20.8 Å². The van der Waals surface area contributed by atoms with Gasteiger partial charge in [-0.25, -0.2) is 0 Å². The Bertz CT molecular complexity index is 711. The van der Waals surface area contributed by atoms with Crippen molar-refractivity contribution in [3.05, 3.63) is 41.7 Å². The molecule has 1 aliphatic rings. The normalized spacial score (nSPS) is 17.3. The minimum Gasteiger partial charge on any atom is -0.493 e. The second-order valence-corrected chi connectivity index (χ2v) is 5.67. The topological polar surface area (TPSA) is 56.6 Å². The smallest absolute Gasteiger partial charge is 0.257 e. The standard InChI is InChI=1S/C17H21N3O3/c1-19-11-13(10-18-19)17(21)20-8-4-5-14(20)12-6-7-15(22-2)16(9-12)23-3/h6-7,9-11,14H,4-5,8H2,1-3H3. The molecule has 1 unspecified atom stereocenters. The first kappa shape index (κ1) is 15.4. The summed E-state index contributed by atoms with van der Waals surface area (Å²) in [7, 11) is 5.05. The SMILES string of the molecule is COc1ccc(C2CCCN2C(=O)c2cnn(C)c2)cc1OC. The first-order valence-corrected chi connectivity index (χ1v) is 7.65. The van der Waals surface area contributed by atoms with Crippen LogP contribution in [0.3, 0.4) is 0 Å². The highest BCUT2D eigenvalue weighted by Crippen LogP contribution is 2.37. The molecule has 1 saturated heterocycles. The number of rotatable bonds is 4. The van der Waals surface area contributed by atoms with E-state index >= 15 is 0 Å². The van der Waals surface area contributed by atoms with E-state index in [9.17, 15) is 4.79 Å². The maximum absolute atomic E-state index is 12.7. The monoisotopic (exact) mass is 315 g/mol. The lowest BCUT2D eigenvalue weighted by Crippen LogP contribution is -2.30. The number of carbonyl (C=O) groups excluding carboxylic acids is 1. The van der Waals surface area contributed by atoms with Crippen LogP contribution in [-0.4, -0.2) is 41.4 Å². The third-order valence-electron chi connectivity index (χ3n) is 4.26. The zero-order valence-corrected chi connectivity index (χ0v) is 13.7. The Kier molecular flexibility index (Phi) is 4.23. The Morgan fingerprint density at radius 1 is 1.26 bits per heavy atom. The van der Waals surface area contributed by atoms with Gasteiger partial charge in [0, 0.05) is 19.8 Å². The van der Waals surface area contributed by atoms with Gasteiger partial charge in [0.1, 0.15) is 0 Å². The van der Waals surface area contributed by atoms with Gasteiger partial charge >= 0.3 is 0 Å². The Balaban J connectivity index is 1.88. The molecule has 0 radical (unpaired) electrons. The van der Waals surface area contributed by atoms with Crippen LogP contribution in [0.2, 0.25) is 0 Å². The minimum atomic E-state index is 0.0235. The van der Waals surface area contributed by atoms with Gasteiger partial charge in [-0.2, -0.15) is 5.10 Å². The van der Waals surface area contributed by atoms with Crippen molar-refractivity contribution in [1.29, 1.82) is 0 Å². The van der Waals surface area contributed by atoms with E-state index in [0.717, 1.165) is 24.9 Å². The Labute approximate surface area is 135 Å². The van der Waals surface area contributed by atoms with Crippen LogP contribution in [0.1, 0.15) is 34.8 Å². The number of ether oxygens (including phenoxy) is 2. The summed E-state index contributed by atoms with van der Waals surface area (Å²) in [6.07, 6.45) is 5.31. The fourth-order valence-electron chi connectivity index (χ4n) is 3.11. The molecule has 122 valence electrons. The predicted molar refractivity (Wildman–Crippen MR) is 85.8 cm³/mol. The zero-order valence-electron chi connectivity index (χ0n) is 13.7. The van der Waals surface area contributed by atoms with Crippen molar-refractivity contribution in [3.63, 3.8) is 0 Å². The molecular weight excluding hydrogens is 294 g/mol. The Hall–Kier alpha value is -2.50. The van der Waals surface area contributed by atoms with E-state index in [1.54, 1.807) is 31.3 Å². The van der Waals surface area contributed by atoms with Crippen LogP contribution in [-0.2, 0) is 7.05 Å². The van der Waals surface area contributed by atoms with Gasteiger partial charge in [0.15, 0.2) is 11.5 Å². The van der Waals surface area contributed by atoms with Crippen molar-refractivity contribution < 1.29 is 14.3 Å². The summed E-state index contributed by atoms with van der Waals surface area (Å²) in [5.41, 5.74) is 1.69. The number of hydrogen-bond donors (Lipinski definition) is 0. The number of benzene rings is 1. The van der Waals surface area contributed by atoms with E-state index in [0.29, 0.717) is 17.1 Å². The van der Waals surface area contributed by atoms with Crippen molar-refractivity contribution in [2.45, 2.75) is 18.9 Å². The number of methoxy groups -OCH3 is 2. The minimum absolute atomic E-state index is 0.0235. The van der Waals surface area contributed by atoms with Crippen molar-refractivity contribution in [1.82, 2.24) is 14.7 Å². The molecule has 6 nitrogen and oxygen atoms in total. The molecule has 0 spiro atoms. The Morgan fingerprint density at radius 3 is 2.70 bits per heavy atom. The molecule has 1 atom stereocenters. The summed E-state index contributed by atoms with van der Waals surface area (Å²) in [4.78, 5) is 14.7. The number of aromatic nitrogens is 2. The highest BCUT2D eigenvalue weighted by atomic mass is 16.5. The third kappa shape index (κ3) is 2.88. The van der Waals surface area contributed by atoms with E-state index < -0.39 is 0 Å². The molecule has 2 heterocycles. The molecule has 1 aliphatic heterocycles. The largest absolute Gasteiger partial charge is 0.493 e. The quantitative estimate of drug-likeness (QED) is 0.869. The van der Waals surface area contributed by atoms with Gasteiger partial charge in [0.2, 0.25) is 0 Å². The fourth-order valence-corrected chi connectivity index (χ4v) is 3.11. The summed E-state index contributed by atoms with van der Waals surface area (Å²) in [5.74, 6) is 1.40. The molecule has 1 amide bonds. The molecule has 1 fully saturated rings. The highest BCUT2D eigenvalue weighted by Gasteiger charge is 2.31. The molecule has 2 aromatic rings. The lowest BCUT2D eigenvalue weighted by Gasteiger charge is -2.25. The Morgan fingerprint density at radius 2 is 2.04 bits per heavy atom. The van der Waals surface area contributed by atoms with Gasteiger partial charge in [-0.15, -0.1) is 0 Å². The van der Waals surface area contributed by atoms with Crippen molar-refractivity contribution in [3.8, 4) is 11.5 Å². The summed E-state index contributed by atoms with van der Waals surface area (Å²) < 4.78 is 12.3. The first-order valence-electron chi connectivity index (χ1n) is 7.65. The number of carbonyl (C=O) groups is 1. The van der Waals surface area contributed by atoms with E-state index in [-0.39, 0.29) is 11.9 Å². The van der Waals surface area contributed by atoms with E-state index in [1.165, 1.54) is 0 Å². The molecule has 1 aromatic heterocycles. The second-order valence-electron chi connectivity index (χ2n) is 5.67. The molecule has 0 N–H and O–H groups in total. The average Bonchev–Trinajstić information content (AvgIpc) is 3.22. The molecule has 3 rings (SSSR count). The maximum atomic E-state index is 12.7. The fraction of sp³-hybridized carbons (Fsp3) is 0.412. The van der Waals surface area contributed by atoms with Crippen LogP contribution in [0.5, 0.6) is 11.5 Å². The van der Waals surface area contributed by atoms with E-state index in [4.69, 9.17) is 9.47 Å². The van der Waals surface area contributed by atoms with Gasteiger partial charge in [-0.1, -0.05) is 6.07 Å². The van der Waals surface area contributed by atoms with Gasteiger partial charge in [-0.05, 0) is 30.5 Å². The third-order valence-corrected chi connectivity index (χ3v) is 4.26. The average molecular weight is 315 g/mol. The van der Waals surface area contributed by atoms with Crippen molar-refractivity contribution in [2.24, 2.45) is 7.05 Å². The molecule has 0 bridgehead atoms. The molecule has 0 aliphatic carbocycles. The van der Waals surface area contributed by atoms with Crippen LogP contribution < -0.4 is 9.47 Å². The maximum Gasteiger partial charge on any atom is 0.257 e. The molecule has 6 heteroatoms. The number of likely N-dealkylation sites (tertiary alicyclic amines) is 1. The number of nitrogens with zero attached hydrogens (tertiary/aromatic N) is 3. The molecule has 0 saturated carbocycles. The van der Waals surface area contributed by atoms with Gasteiger partial charge in [0.25, 0.3) is 5.91 Å². The second kappa shape index (κ2) is 6.32. The van der Waals surface area contributed by atoms with Gasteiger partial charge in [0.05, 0.1) is 32.0 Å². The van der Waals surface area contributed by atoms with Crippen LogP contribution in [0, 0.1) is 0 Å². The molecule has 23 heavy (non-hydrogen) atoms. The van der Waals surface area contributed by atoms with Crippen LogP contribution in [0.25, 0.3) is 0 Å². The van der Waals surface area contributed by atoms with E-state index in [1.807, 2.05) is 30.1 Å². The number of aryl methyl sites for hydroxylation is 1. The van der Waals surface area contributed by atoms with Crippen molar-refractivity contribution >= 4 is 5.91 Å². The summed E-state index contributed by atoms with van der Waals surface area (Å²) in [5, 5.41) is 4.09. The van der Waals surface area contributed by atoms with Gasteiger partial charge < -0.3 is 14.4 Å². The summed E-state index contributed by atoms with van der Waals surface area (Å²) in [6, 6.07) is 5.90. The number of amides is 1. The lowest BCUT2D eigenvalue weighted by atomic mass is 10.0. The molecule has 1 aromatic carbocycles.